The van der Waals surface area contributed by atoms with Crippen LogP contribution in [0, 0.1) is 35.5 Å². The molecule has 6 rings (SSSR count). The predicted molar refractivity (Wildman–Crippen MR) is 154 cm³/mol. The van der Waals surface area contributed by atoms with Gasteiger partial charge in [0, 0.05) is 59.1 Å². The third-order valence-corrected chi connectivity index (χ3v) is 10.4. The van der Waals surface area contributed by atoms with E-state index in [1.807, 2.05) is 0 Å². The molecule has 2 aromatic carbocycles. The van der Waals surface area contributed by atoms with E-state index < -0.39 is 109 Å². The maximum atomic E-state index is 14.7. The number of rotatable bonds is 8. The van der Waals surface area contributed by atoms with Crippen LogP contribution in [0.15, 0.2) is 58.7 Å². The van der Waals surface area contributed by atoms with Crippen LogP contribution in [0.3, 0.4) is 0 Å². The summed E-state index contributed by atoms with van der Waals surface area (Å²) >= 11 is 0. The van der Waals surface area contributed by atoms with Crippen LogP contribution in [0.5, 0.6) is 11.5 Å². The Labute approximate surface area is 280 Å². The van der Waals surface area contributed by atoms with E-state index in [9.17, 15) is 62.3 Å². The molecule has 0 radical (unpaired) electrons. The summed E-state index contributed by atoms with van der Waals surface area (Å²) < 4.78 is 171. The quantitative estimate of drug-likeness (QED) is 0.163. The van der Waals surface area contributed by atoms with Crippen LogP contribution in [0.4, 0.5) is 52.7 Å². The summed E-state index contributed by atoms with van der Waals surface area (Å²) in [7, 11) is 0. The average molecular weight is 743 g/mol. The lowest BCUT2D eigenvalue weighted by Gasteiger charge is -2.40. The number of carbonyl (C=O) groups excluding carboxylic acids is 2. The molecule has 0 heterocycles. The summed E-state index contributed by atoms with van der Waals surface area (Å²) in [5.41, 5.74) is -5.21. The average Bonchev–Trinajstić information content (AvgIpc) is 3.77. The van der Waals surface area contributed by atoms with Crippen LogP contribution in [0.25, 0.3) is 0 Å². The molecule has 8 atom stereocenters. The zero-order chi connectivity index (χ0) is 37.4. The molecule has 2 amide bonds. The molecule has 0 saturated heterocycles. The Hall–Kier alpha value is -4.32. The van der Waals surface area contributed by atoms with E-state index in [1.165, 1.54) is 48.5 Å². The Morgan fingerprint density at radius 1 is 0.608 bits per heavy atom. The smallest absolute Gasteiger partial charge is 0.428 e. The van der Waals surface area contributed by atoms with Gasteiger partial charge in [0.1, 0.15) is 11.5 Å². The van der Waals surface area contributed by atoms with Crippen LogP contribution < -0.4 is 15.6 Å². The van der Waals surface area contributed by atoms with Crippen molar-refractivity contribution in [1.29, 1.82) is 0 Å². The third kappa shape index (κ3) is 5.70. The maximum Gasteiger partial charge on any atom is 0.428 e. The van der Waals surface area contributed by atoms with Crippen molar-refractivity contribution >= 4 is 24.2 Å². The molecule has 8 unspecified atom stereocenters. The van der Waals surface area contributed by atoms with E-state index in [4.69, 9.17) is 4.74 Å². The SMILES string of the molecule is O=C(N/N=C/C1CC2CC1C(F)(C(F)(F)F)C2(F)F)c1ccc(Oc2ccc(C(=O)N/N=C/C3CC4CC3C(F)(C(F)(F)F)C4(F)F)cc2)cc1. The molecular formula is C32H26F12N4O3. The zero-order valence-electron chi connectivity index (χ0n) is 25.7. The lowest BCUT2D eigenvalue weighted by molar-refractivity contribution is -0.320. The summed E-state index contributed by atoms with van der Waals surface area (Å²) in [4.78, 5) is 24.9. The highest BCUT2D eigenvalue weighted by molar-refractivity contribution is 5.95. The van der Waals surface area contributed by atoms with Gasteiger partial charge in [0.15, 0.2) is 0 Å². The first kappa shape index (κ1) is 36.5. The molecule has 51 heavy (non-hydrogen) atoms. The topological polar surface area (TPSA) is 92.1 Å². The summed E-state index contributed by atoms with van der Waals surface area (Å²) in [6.07, 6.45) is -12.1. The predicted octanol–water partition coefficient (Wildman–Crippen LogP) is 8.03. The second-order valence-electron chi connectivity index (χ2n) is 13.1. The fraction of sp³-hybridized carbons (Fsp3) is 0.500. The van der Waals surface area contributed by atoms with E-state index in [2.05, 4.69) is 21.1 Å². The van der Waals surface area contributed by atoms with Gasteiger partial charge in [-0.1, -0.05) is 0 Å². The Balaban J connectivity index is 0.988. The molecule has 0 aliphatic heterocycles. The van der Waals surface area contributed by atoms with E-state index in [1.54, 1.807) is 0 Å². The minimum atomic E-state index is -5.79. The molecule has 0 aromatic heterocycles. The first-order chi connectivity index (χ1) is 23.6. The monoisotopic (exact) mass is 742 g/mol. The van der Waals surface area contributed by atoms with E-state index in [0.717, 1.165) is 12.4 Å². The van der Waals surface area contributed by atoms with Crippen LogP contribution in [0.1, 0.15) is 46.4 Å². The van der Waals surface area contributed by atoms with E-state index in [0.29, 0.717) is 0 Å². The molecule has 4 aliphatic rings. The second kappa shape index (κ2) is 12.1. The highest BCUT2D eigenvalue weighted by Gasteiger charge is 2.84. The Kier molecular flexibility index (Phi) is 8.68. The molecule has 0 spiro atoms. The third-order valence-electron chi connectivity index (χ3n) is 10.4. The molecule has 19 heteroatoms. The number of nitrogens with one attached hydrogen (secondary N) is 2. The summed E-state index contributed by atoms with van der Waals surface area (Å²) in [6, 6.07) is 10.7. The molecule has 2 aromatic rings. The van der Waals surface area contributed by atoms with Crippen molar-refractivity contribution in [2.75, 3.05) is 0 Å². The number of hydrogen-bond donors (Lipinski definition) is 2. The summed E-state index contributed by atoms with van der Waals surface area (Å²) in [5.74, 6) is -20.6. The van der Waals surface area contributed by atoms with Gasteiger partial charge < -0.3 is 4.74 Å². The number of fused-ring (bicyclic) bond motifs is 4. The Morgan fingerprint density at radius 3 is 1.24 bits per heavy atom. The van der Waals surface area contributed by atoms with Crippen molar-refractivity contribution in [3.8, 4) is 11.5 Å². The van der Waals surface area contributed by atoms with Crippen LogP contribution >= 0.6 is 0 Å². The van der Waals surface area contributed by atoms with Gasteiger partial charge in [-0.05, 0) is 74.2 Å². The fourth-order valence-corrected chi connectivity index (χ4v) is 7.86. The Morgan fingerprint density at radius 2 is 0.941 bits per heavy atom. The number of alkyl halides is 12. The lowest BCUT2D eigenvalue weighted by Crippen LogP contribution is -2.60. The van der Waals surface area contributed by atoms with E-state index >= 15 is 0 Å². The van der Waals surface area contributed by atoms with Gasteiger partial charge in [0.05, 0.1) is 0 Å². The van der Waals surface area contributed by atoms with E-state index in [-0.39, 0.29) is 22.6 Å². The van der Waals surface area contributed by atoms with Crippen molar-refractivity contribution in [1.82, 2.24) is 10.9 Å². The first-order valence-corrected chi connectivity index (χ1v) is 15.4. The van der Waals surface area contributed by atoms with Gasteiger partial charge in [-0.25, -0.2) is 37.2 Å². The number of hydrazone groups is 2. The van der Waals surface area contributed by atoms with Crippen LogP contribution in [0.2, 0.25) is 0 Å². The largest absolute Gasteiger partial charge is 0.457 e. The van der Waals surface area contributed by atoms with Gasteiger partial charge in [-0.15, -0.1) is 0 Å². The van der Waals surface area contributed by atoms with Gasteiger partial charge in [-0.2, -0.15) is 36.5 Å². The lowest BCUT2D eigenvalue weighted by atomic mass is 9.76. The molecule has 2 N–H and O–H groups in total. The van der Waals surface area contributed by atoms with Gasteiger partial charge >= 0.3 is 12.4 Å². The number of hydrogen-bond acceptors (Lipinski definition) is 5. The molecular weight excluding hydrogens is 716 g/mol. The van der Waals surface area contributed by atoms with Crippen molar-refractivity contribution in [3.05, 3.63) is 59.7 Å². The second-order valence-corrected chi connectivity index (χ2v) is 13.1. The van der Waals surface area contributed by atoms with Crippen molar-refractivity contribution in [2.24, 2.45) is 45.7 Å². The van der Waals surface area contributed by atoms with Crippen molar-refractivity contribution in [3.63, 3.8) is 0 Å². The number of benzene rings is 2. The molecule has 4 saturated carbocycles. The number of carbonyl (C=O) groups is 2. The van der Waals surface area contributed by atoms with Crippen LogP contribution in [-0.4, -0.2) is 59.8 Å². The molecule has 4 aliphatic carbocycles. The highest BCUT2D eigenvalue weighted by Crippen LogP contribution is 2.69. The standard InChI is InChI=1S/C32H26F12N4O3/c33-27(31(39,40)41)23-11-19(29(27,35)36)9-17(23)13-45-47-25(49)15-1-5-21(6-2-15)51-22-7-3-16(4-8-22)26(50)48-46-14-18-10-20-12-24(18)28(34,30(20,37)38)32(42,43)44/h1-8,13-14,17-20,23-24H,9-12H2,(H,47,49)(H,48,50)/b45-13+,46-14+. The van der Waals surface area contributed by atoms with Gasteiger partial charge in [-0.3, -0.25) is 9.59 Å². The molecule has 4 fully saturated rings. The first-order valence-electron chi connectivity index (χ1n) is 15.4. The van der Waals surface area contributed by atoms with Gasteiger partial charge in [0.25, 0.3) is 35.0 Å². The number of nitrogens with zero attached hydrogens (tertiary/aromatic N) is 2. The molecule has 7 nitrogen and oxygen atoms in total. The summed E-state index contributed by atoms with van der Waals surface area (Å²) in [6.45, 7) is 0. The Bertz CT molecular complexity index is 1600. The normalized spacial score (nSPS) is 33.6. The van der Waals surface area contributed by atoms with Gasteiger partial charge in [0.2, 0.25) is 0 Å². The van der Waals surface area contributed by atoms with Crippen LogP contribution in [-0.2, 0) is 0 Å². The molecule has 276 valence electrons. The van der Waals surface area contributed by atoms with Crippen molar-refractivity contribution in [2.45, 2.75) is 61.2 Å². The van der Waals surface area contributed by atoms with Crippen molar-refractivity contribution < 1.29 is 67.0 Å². The number of ether oxygens (including phenoxy) is 1. The maximum absolute atomic E-state index is 14.7. The fourth-order valence-electron chi connectivity index (χ4n) is 7.86. The number of amides is 2. The minimum Gasteiger partial charge on any atom is -0.457 e. The zero-order valence-corrected chi connectivity index (χ0v) is 25.7. The molecule has 4 bridgehead atoms. The number of halogens is 12. The highest BCUT2D eigenvalue weighted by atomic mass is 19.4. The minimum absolute atomic E-state index is 0.0245. The summed E-state index contributed by atoms with van der Waals surface area (Å²) in [5, 5.41) is 7.13.